The summed E-state index contributed by atoms with van der Waals surface area (Å²) in [5.74, 6) is 2.43. The summed E-state index contributed by atoms with van der Waals surface area (Å²) >= 11 is 0. The first-order valence-electron chi connectivity index (χ1n) is 4.03. The summed E-state index contributed by atoms with van der Waals surface area (Å²) in [6, 6.07) is 9.75. The lowest BCUT2D eigenvalue weighted by atomic mass is 10.2. The smallest absolute Gasteiger partial charge is 0.210 e. The highest BCUT2D eigenvalue weighted by Crippen LogP contribution is 2.01. The second-order valence-electron chi connectivity index (χ2n) is 2.70. The van der Waals surface area contributed by atoms with Crippen LogP contribution in [0, 0.1) is 12.3 Å². The number of carbonyl (C=O) groups is 1. The number of hydrogen-bond donors (Lipinski definition) is 0. The van der Waals surface area contributed by atoms with Gasteiger partial charge in [0.1, 0.15) is 0 Å². The maximum atomic E-state index is 10.5. The average molecular weight is 173 g/mol. The Kier molecular flexibility index (Phi) is 3.59. The molecule has 1 amide bonds. The third kappa shape index (κ3) is 3.00. The van der Waals surface area contributed by atoms with E-state index in [1.165, 1.54) is 0 Å². The van der Waals surface area contributed by atoms with Crippen molar-refractivity contribution in [3.63, 3.8) is 0 Å². The van der Waals surface area contributed by atoms with Gasteiger partial charge in [-0.25, -0.2) is 0 Å². The van der Waals surface area contributed by atoms with Crippen LogP contribution < -0.4 is 0 Å². The van der Waals surface area contributed by atoms with Gasteiger partial charge in [0.2, 0.25) is 6.41 Å². The number of hydrogen-bond acceptors (Lipinski definition) is 1. The van der Waals surface area contributed by atoms with Gasteiger partial charge < -0.3 is 4.90 Å². The van der Waals surface area contributed by atoms with Crippen LogP contribution in [0.1, 0.15) is 5.56 Å². The van der Waals surface area contributed by atoms with Gasteiger partial charge in [-0.3, -0.25) is 4.79 Å². The predicted octanol–water partition coefficient (Wildman–Crippen LogP) is 1.28. The maximum Gasteiger partial charge on any atom is 0.210 e. The Morgan fingerprint density at radius 1 is 1.38 bits per heavy atom. The number of rotatable bonds is 4. The van der Waals surface area contributed by atoms with Crippen molar-refractivity contribution in [2.45, 2.75) is 6.54 Å². The minimum Gasteiger partial charge on any atom is -0.330 e. The van der Waals surface area contributed by atoms with E-state index < -0.39 is 0 Å². The Hall–Kier alpha value is -1.75. The van der Waals surface area contributed by atoms with Gasteiger partial charge in [0.05, 0.1) is 6.54 Å². The van der Waals surface area contributed by atoms with Crippen molar-refractivity contribution in [2.75, 3.05) is 6.54 Å². The Morgan fingerprint density at radius 2 is 2.08 bits per heavy atom. The van der Waals surface area contributed by atoms with Crippen LogP contribution in [0.2, 0.25) is 0 Å². The quantitative estimate of drug-likeness (QED) is 0.496. The normalized spacial score (nSPS) is 8.85. The molecule has 0 aliphatic heterocycles. The van der Waals surface area contributed by atoms with Crippen LogP contribution in [-0.2, 0) is 11.3 Å². The number of nitrogens with zero attached hydrogens (tertiary/aromatic N) is 1. The number of benzene rings is 1. The Labute approximate surface area is 78.2 Å². The molecule has 0 fully saturated rings. The van der Waals surface area contributed by atoms with E-state index in [9.17, 15) is 4.79 Å². The van der Waals surface area contributed by atoms with Gasteiger partial charge in [-0.05, 0) is 5.56 Å². The molecule has 0 aliphatic rings. The zero-order valence-corrected chi connectivity index (χ0v) is 7.31. The average Bonchev–Trinajstić information content (AvgIpc) is 2.19. The highest BCUT2D eigenvalue weighted by atomic mass is 16.1. The Morgan fingerprint density at radius 3 is 2.62 bits per heavy atom. The van der Waals surface area contributed by atoms with Gasteiger partial charge in [-0.1, -0.05) is 36.3 Å². The maximum absolute atomic E-state index is 10.5. The van der Waals surface area contributed by atoms with Crippen LogP contribution in [-0.4, -0.2) is 17.9 Å². The van der Waals surface area contributed by atoms with Gasteiger partial charge in [-0.15, -0.1) is 6.42 Å². The lowest BCUT2D eigenvalue weighted by Gasteiger charge is -2.13. The monoisotopic (exact) mass is 173 g/mol. The third-order valence-corrected chi connectivity index (χ3v) is 1.67. The third-order valence-electron chi connectivity index (χ3n) is 1.67. The zero-order chi connectivity index (χ0) is 9.52. The first-order chi connectivity index (χ1) is 6.36. The molecule has 0 bridgehead atoms. The molecule has 2 heteroatoms. The summed E-state index contributed by atoms with van der Waals surface area (Å²) in [5.41, 5.74) is 1.09. The van der Waals surface area contributed by atoms with Crippen molar-refractivity contribution in [3.8, 4) is 12.3 Å². The van der Waals surface area contributed by atoms with Gasteiger partial charge in [0.15, 0.2) is 0 Å². The molecule has 66 valence electrons. The molecule has 0 saturated carbocycles. The fourth-order valence-corrected chi connectivity index (χ4v) is 1.07. The van der Waals surface area contributed by atoms with Crippen LogP contribution >= 0.6 is 0 Å². The first-order valence-corrected chi connectivity index (χ1v) is 4.03. The molecule has 0 saturated heterocycles. The molecular weight excluding hydrogens is 162 g/mol. The second-order valence-corrected chi connectivity index (χ2v) is 2.70. The van der Waals surface area contributed by atoms with Gasteiger partial charge in [0, 0.05) is 6.54 Å². The largest absolute Gasteiger partial charge is 0.330 e. The summed E-state index contributed by atoms with van der Waals surface area (Å²) in [6.45, 7) is 0.937. The molecule has 0 aromatic heterocycles. The highest BCUT2D eigenvalue weighted by Gasteiger charge is 1.99. The zero-order valence-electron chi connectivity index (χ0n) is 7.31. The van der Waals surface area contributed by atoms with Crippen molar-refractivity contribution >= 4 is 6.41 Å². The molecule has 1 rings (SSSR count). The molecule has 1 aromatic rings. The standard InChI is InChI=1S/C11H11NO/c1-2-8-12(10-13)9-11-6-4-3-5-7-11/h1,3-7,10H,8-9H2. The van der Waals surface area contributed by atoms with E-state index in [4.69, 9.17) is 6.42 Å². The molecule has 1 aromatic carbocycles. The van der Waals surface area contributed by atoms with E-state index in [0.29, 0.717) is 13.1 Å². The summed E-state index contributed by atoms with van der Waals surface area (Å²) in [5, 5.41) is 0. The van der Waals surface area contributed by atoms with Crippen LogP contribution in [0.4, 0.5) is 0 Å². The SMILES string of the molecule is C#CCN(C=O)Cc1ccccc1. The van der Waals surface area contributed by atoms with E-state index in [1.54, 1.807) is 4.90 Å². The van der Waals surface area contributed by atoms with E-state index in [1.807, 2.05) is 30.3 Å². The minimum absolute atomic E-state index is 0.360. The first kappa shape index (κ1) is 9.34. The second kappa shape index (κ2) is 5.00. The lowest BCUT2D eigenvalue weighted by Crippen LogP contribution is -2.21. The van der Waals surface area contributed by atoms with Crippen molar-refractivity contribution in [2.24, 2.45) is 0 Å². The van der Waals surface area contributed by atoms with E-state index in [2.05, 4.69) is 5.92 Å². The predicted molar refractivity (Wildman–Crippen MR) is 51.7 cm³/mol. The summed E-state index contributed by atoms with van der Waals surface area (Å²) in [4.78, 5) is 12.1. The number of amides is 1. The van der Waals surface area contributed by atoms with Crippen LogP contribution in [0.25, 0.3) is 0 Å². The summed E-state index contributed by atoms with van der Waals surface area (Å²) in [6.07, 6.45) is 5.88. The lowest BCUT2D eigenvalue weighted by molar-refractivity contribution is -0.118. The summed E-state index contributed by atoms with van der Waals surface area (Å²) < 4.78 is 0. The van der Waals surface area contributed by atoms with Crippen molar-refractivity contribution in [1.29, 1.82) is 0 Å². The Balaban J connectivity index is 2.57. The van der Waals surface area contributed by atoms with E-state index >= 15 is 0 Å². The van der Waals surface area contributed by atoms with Gasteiger partial charge in [-0.2, -0.15) is 0 Å². The number of carbonyl (C=O) groups excluding carboxylic acids is 1. The molecule has 0 atom stereocenters. The molecule has 0 unspecified atom stereocenters. The van der Waals surface area contributed by atoms with E-state index in [-0.39, 0.29) is 0 Å². The molecule has 0 spiro atoms. The highest BCUT2D eigenvalue weighted by molar-refractivity contribution is 5.48. The van der Waals surface area contributed by atoms with Crippen LogP contribution in [0.15, 0.2) is 30.3 Å². The van der Waals surface area contributed by atoms with Crippen molar-refractivity contribution in [1.82, 2.24) is 4.90 Å². The van der Waals surface area contributed by atoms with Gasteiger partial charge >= 0.3 is 0 Å². The Bertz CT molecular complexity index is 300. The molecular formula is C11H11NO. The summed E-state index contributed by atoms with van der Waals surface area (Å²) in [7, 11) is 0. The van der Waals surface area contributed by atoms with Crippen molar-refractivity contribution in [3.05, 3.63) is 35.9 Å². The van der Waals surface area contributed by atoms with Crippen LogP contribution in [0.3, 0.4) is 0 Å². The molecule has 0 N–H and O–H groups in total. The molecule has 0 heterocycles. The fraction of sp³-hybridized carbons (Fsp3) is 0.182. The van der Waals surface area contributed by atoms with Gasteiger partial charge in [0.25, 0.3) is 0 Å². The fourth-order valence-electron chi connectivity index (χ4n) is 1.07. The number of terminal acetylenes is 1. The van der Waals surface area contributed by atoms with Crippen LogP contribution in [0.5, 0.6) is 0 Å². The molecule has 2 nitrogen and oxygen atoms in total. The molecule has 0 aliphatic carbocycles. The molecule has 0 radical (unpaired) electrons. The molecule has 13 heavy (non-hydrogen) atoms. The minimum atomic E-state index is 0.360. The van der Waals surface area contributed by atoms with E-state index in [0.717, 1.165) is 12.0 Å². The topological polar surface area (TPSA) is 20.3 Å². The van der Waals surface area contributed by atoms with Crippen molar-refractivity contribution < 1.29 is 4.79 Å².